The Morgan fingerprint density at radius 3 is 3.00 bits per heavy atom. The lowest BCUT2D eigenvalue weighted by atomic mass is 10.2. The molecule has 0 saturated carbocycles. The van der Waals surface area contributed by atoms with Crippen LogP contribution in [0.1, 0.15) is 40.7 Å². The Morgan fingerprint density at radius 1 is 1.27 bits per heavy atom. The number of thioether (sulfide) groups is 1. The number of fused-ring (bicyclic) bond motifs is 1. The lowest BCUT2D eigenvalue weighted by molar-refractivity contribution is 0.0940. The molecule has 0 spiro atoms. The molecule has 22 heavy (non-hydrogen) atoms. The molecular formula is C13H18N6OS2. The predicted octanol–water partition coefficient (Wildman–Crippen LogP) is 1.69. The van der Waals surface area contributed by atoms with Gasteiger partial charge in [0.15, 0.2) is 4.34 Å². The van der Waals surface area contributed by atoms with Crippen LogP contribution in [0.25, 0.3) is 0 Å². The fourth-order valence-electron chi connectivity index (χ4n) is 2.37. The van der Waals surface area contributed by atoms with E-state index in [-0.39, 0.29) is 5.91 Å². The van der Waals surface area contributed by atoms with E-state index in [9.17, 15) is 4.79 Å². The summed E-state index contributed by atoms with van der Waals surface area (Å²) < 4.78 is 2.90. The summed E-state index contributed by atoms with van der Waals surface area (Å²) in [6.45, 7) is 3.34. The fourth-order valence-corrected chi connectivity index (χ4v) is 4.11. The van der Waals surface area contributed by atoms with Crippen molar-refractivity contribution in [3.63, 3.8) is 0 Å². The molecule has 1 aliphatic rings. The first kappa shape index (κ1) is 15.4. The smallest absolute Gasteiger partial charge is 0.289 e. The van der Waals surface area contributed by atoms with Gasteiger partial charge in [-0.2, -0.15) is 0 Å². The monoisotopic (exact) mass is 338 g/mol. The normalized spacial score (nSPS) is 14.4. The first-order chi connectivity index (χ1) is 10.7. The van der Waals surface area contributed by atoms with Gasteiger partial charge in [-0.05, 0) is 19.8 Å². The van der Waals surface area contributed by atoms with Crippen LogP contribution in [0.3, 0.4) is 0 Å². The van der Waals surface area contributed by atoms with Crippen LogP contribution >= 0.6 is 23.1 Å². The summed E-state index contributed by atoms with van der Waals surface area (Å²) >= 11 is 3.17. The number of aryl methyl sites for hydroxylation is 2. The van der Waals surface area contributed by atoms with E-state index < -0.39 is 0 Å². The van der Waals surface area contributed by atoms with Gasteiger partial charge < -0.3 is 9.88 Å². The second-order valence-corrected chi connectivity index (χ2v) is 7.62. The van der Waals surface area contributed by atoms with Crippen LogP contribution in [-0.2, 0) is 13.0 Å². The van der Waals surface area contributed by atoms with E-state index in [0.29, 0.717) is 12.4 Å². The van der Waals surface area contributed by atoms with E-state index in [2.05, 4.69) is 25.7 Å². The number of nitrogens with zero attached hydrogens (tertiary/aromatic N) is 5. The lowest BCUT2D eigenvalue weighted by Gasteiger charge is -2.07. The molecule has 1 N–H and O–H groups in total. The molecule has 0 aliphatic carbocycles. The molecule has 0 atom stereocenters. The fraction of sp³-hybridized carbons (Fsp3) is 0.615. The minimum atomic E-state index is -0.144. The third-order valence-corrected chi connectivity index (χ3v) is 5.41. The highest BCUT2D eigenvalue weighted by molar-refractivity contribution is 8.01. The highest BCUT2D eigenvalue weighted by Crippen LogP contribution is 2.21. The van der Waals surface area contributed by atoms with Crippen molar-refractivity contribution in [3.05, 3.63) is 16.7 Å². The number of carbonyl (C=O) groups is 1. The highest BCUT2D eigenvalue weighted by atomic mass is 32.2. The van der Waals surface area contributed by atoms with E-state index in [1.807, 2.05) is 11.5 Å². The summed E-state index contributed by atoms with van der Waals surface area (Å²) in [5.74, 6) is 1.99. The molecule has 1 amide bonds. The van der Waals surface area contributed by atoms with Crippen molar-refractivity contribution in [2.24, 2.45) is 0 Å². The number of hydrogen-bond acceptors (Lipinski definition) is 7. The molecule has 9 heteroatoms. The molecule has 0 radical (unpaired) electrons. The number of hydrogen-bond donors (Lipinski definition) is 1. The molecule has 1 aliphatic heterocycles. The van der Waals surface area contributed by atoms with Crippen LogP contribution in [0.5, 0.6) is 0 Å². The minimum Gasteiger partial charge on any atom is -0.348 e. The predicted molar refractivity (Wildman–Crippen MR) is 85.3 cm³/mol. The third-order valence-electron chi connectivity index (χ3n) is 3.43. The van der Waals surface area contributed by atoms with Crippen LogP contribution in [0, 0.1) is 6.92 Å². The molecule has 2 aromatic rings. The molecule has 0 saturated heterocycles. The van der Waals surface area contributed by atoms with Crippen molar-refractivity contribution < 1.29 is 4.79 Å². The molecule has 2 aromatic heterocycles. The van der Waals surface area contributed by atoms with E-state index in [1.54, 1.807) is 23.1 Å². The van der Waals surface area contributed by atoms with Gasteiger partial charge in [0.25, 0.3) is 5.91 Å². The first-order valence-corrected chi connectivity index (χ1v) is 9.17. The second kappa shape index (κ2) is 7.19. The van der Waals surface area contributed by atoms with Gasteiger partial charge in [-0.25, -0.2) is 0 Å². The molecular weight excluding hydrogens is 320 g/mol. The summed E-state index contributed by atoms with van der Waals surface area (Å²) in [5.41, 5.74) is 0. The van der Waals surface area contributed by atoms with Crippen molar-refractivity contribution in [1.29, 1.82) is 0 Å². The van der Waals surface area contributed by atoms with Gasteiger partial charge in [-0.1, -0.05) is 29.5 Å². The van der Waals surface area contributed by atoms with Crippen molar-refractivity contribution in [2.45, 2.75) is 43.5 Å². The van der Waals surface area contributed by atoms with Gasteiger partial charge in [-0.15, -0.1) is 20.4 Å². The number of amides is 1. The maximum atomic E-state index is 12.2. The zero-order valence-electron chi connectivity index (χ0n) is 12.4. The van der Waals surface area contributed by atoms with Crippen molar-refractivity contribution in [3.8, 4) is 0 Å². The minimum absolute atomic E-state index is 0.144. The van der Waals surface area contributed by atoms with Crippen LogP contribution < -0.4 is 5.32 Å². The molecule has 0 unspecified atom stereocenters. The molecule has 0 fully saturated rings. The number of rotatable bonds is 5. The first-order valence-electron chi connectivity index (χ1n) is 7.37. The molecule has 7 nitrogen and oxygen atoms in total. The van der Waals surface area contributed by atoms with E-state index in [1.165, 1.54) is 6.42 Å². The number of aromatic nitrogens is 5. The summed E-state index contributed by atoms with van der Waals surface area (Å²) in [5, 5.41) is 20.1. The Balaban J connectivity index is 1.51. The molecule has 0 aromatic carbocycles. The Labute approximate surface area is 136 Å². The molecule has 0 bridgehead atoms. The molecule has 118 valence electrons. The number of nitrogens with one attached hydrogen (secondary N) is 1. The standard InChI is InChI=1S/C13H18N6OS2/c1-9-15-18-13(22-9)21-8-6-14-12(20)11-17-16-10-5-3-2-4-7-19(10)11/h2-8H2,1H3,(H,14,20). The van der Waals surface area contributed by atoms with Gasteiger partial charge in [0.1, 0.15) is 10.8 Å². The second-order valence-electron chi connectivity index (χ2n) is 5.09. The summed E-state index contributed by atoms with van der Waals surface area (Å²) in [6.07, 6.45) is 4.30. The van der Waals surface area contributed by atoms with Gasteiger partial charge in [0, 0.05) is 25.3 Å². The van der Waals surface area contributed by atoms with Gasteiger partial charge in [-0.3, -0.25) is 4.79 Å². The highest BCUT2D eigenvalue weighted by Gasteiger charge is 2.19. The quantitative estimate of drug-likeness (QED) is 0.659. The van der Waals surface area contributed by atoms with Crippen molar-refractivity contribution in [2.75, 3.05) is 12.3 Å². The topological polar surface area (TPSA) is 85.6 Å². The van der Waals surface area contributed by atoms with Crippen LogP contribution in [0.4, 0.5) is 0 Å². The van der Waals surface area contributed by atoms with Crippen molar-refractivity contribution >= 4 is 29.0 Å². The largest absolute Gasteiger partial charge is 0.348 e. The summed E-state index contributed by atoms with van der Waals surface area (Å²) in [4.78, 5) is 12.2. The Hall–Kier alpha value is -1.48. The molecule has 3 heterocycles. The lowest BCUT2D eigenvalue weighted by Crippen LogP contribution is -2.29. The van der Waals surface area contributed by atoms with E-state index in [4.69, 9.17) is 0 Å². The zero-order valence-corrected chi connectivity index (χ0v) is 14.0. The van der Waals surface area contributed by atoms with Crippen LogP contribution in [0.15, 0.2) is 4.34 Å². The van der Waals surface area contributed by atoms with Crippen LogP contribution in [-0.4, -0.2) is 43.2 Å². The average molecular weight is 338 g/mol. The Morgan fingerprint density at radius 2 is 2.18 bits per heavy atom. The molecule has 3 rings (SSSR count). The van der Waals surface area contributed by atoms with Gasteiger partial charge >= 0.3 is 0 Å². The van der Waals surface area contributed by atoms with Gasteiger partial charge in [0.2, 0.25) is 5.82 Å². The van der Waals surface area contributed by atoms with E-state index >= 15 is 0 Å². The maximum absolute atomic E-state index is 12.2. The average Bonchev–Trinajstić information content (AvgIpc) is 3.03. The SMILES string of the molecule is Cc1nnc(SCCNC(=O)c2nnc3n2CCCCC3)s1. The third kappa shape index (κ3) is 3.64. The maximum Gasteiger partial charge on any atom is 0.289 e. The van der Waals surface area contributed by atoms with Crippen LogP contribution in [0.2, 0.25) is 0 Å². The summed E-state index contributed by atoms with van der Waals surface area (Å²) in [7, 11) is 0. The van der Waals surface area contributed by atoms with Gasteiger partial charge in [0.05, 0.1) is 0 Å². The number of carbonyl (C=O) groups excluding carboxylic acids is 1. The van der Waals surface area contributed by atoms with E-state index in [0.717, 1.165) is 46.7 Å². The Bertz CT molecular complexity index is 653. The zero-order chi connectivity index (χ0) is 15.4. The summed E-state index contributed by atoms with van der Waals surface area (Å²) in [6, 6.07) is 0. The van der Waals surface area contributed by atoms with Crippen molar-refractivity contribution in [1.82, 2.24) is 30.3 Å². The Kier molecular flexibility index (Phi) is 5.04.